The molecule has 5 unspecified atom stereocenters. The van der Waals surface area contributed by atoms with E-state index in [9.17, 15) is 34.2 Å². The number of imidazole rings is 1. The molecular weight excluding hydrogens is 438 g/mol. The van der Waals surface area contributed by atoms with Crippen LogP contribution < -0.4 is 27.0 Å². The lowest BCUT2D eigenvalue weighted by atomic mass is 10.1. The Morgan fingerprint density at radius 1 is 1.18 bits per heavy atom. The quantitative estimate of drug-likeness (QED) is 0.152. The van der Waals surface area contributed by atoms with Crippen molar-refractivity contribution in [3.63, 3.8) is 0 Å². The molecular formula is C19H29N7O7. The molecule has 2 rings (SSSR count). The number of nitrogens with two attached hydrogens (primary N) is 1. The molecule has 1 aliphatic heterocycles. The Morgan fingerprint density at radius 2 is 1.88 bits per heavy atom. The van der Waals surface area contributed by atoms with Crippen LogP contribution in [0.1, 0.15) is 31.9 Å². The van der Waals surface area contributed by atoms with Gasteiger partial charge in [0.2, 0.25) is 23.6 Å². The molecule has 0 spiro atoms. The maximum Gasteiger partial charge on any atom is 0.326 e. The number of carboxylic acids is 1. The first-order valence-corrected chi connectivity index (χ1v) is 10.4. The number of amides is 4. The van der Waals surface area contributed by atoms with E-state index in [-0.39, 0.29) is 6.42 Å². The average Bonchev–Trinajstić information content (AvgIpc) is 3.44. The van der Waals surface area contributed by atoms with E-state index >= 15 is 0 Å². The van der Waals surface area contributed by atoms with Crippen molar-refractivity contribution in [1.82, 2.24) is 31.2 Å². The number of aromatic nitrogens is 2. The topological polar surface area (TPSA) is 229 Å². The van der Waals surface area contributed by atoms with Crippen LogP contribution in [0, 0.1) is 0 Å². The monoisotopic (exact) mass is 467 g/mol. The number of carbonyl (C=O) groups excluding carboxylic acids is 4. The number of aliphatic hydroxyl groups is 1. The van der Waals surface area contributed by atoms with Crippen LogP contribution in [0.4, 0.5) is 0 Å². The van der Waals surface area contributed by atoms with E-state index in [1.54, 1.807) is 0 Å². The van der Waals surface area contributed by atoms with Gasteiger partial charge < -0.3 is 42.2 Å². The lowest BCUT2D eigenvalue weighted by Crippen LogP contribution is -2.60. The van der Waals surface area contributed by atoms with E-state index in [1.165, 1.54) is 19.4 Å². The first kappa shape index (κ1) is 25.7. The van der Waals surface area contributed by atoms with Crippen LogP contribution in [0.3, 0.4) is 0 Å². The Hall–Kier alpha value is -3.52. The van der Waals surface area contributed by atoms with Crippen molar-refractivity contribution in [2.75, 3.05) is 6.54 Å². The summed E-state index contributed by atoms with van der Waals surface area (Å²) in [5.41, 5.74) is 5.48. The Labute approximate surface area is 189 Å². The molecule has 0 aliphatic carbocycles. The van der Waals surface area contributed by atoms with Crippen molar-refractivity contribution in [3.8, 4) is 0 Å². The molecule has 182 valence electrons. The second kappa shape index (κ2) is 11.9. The van der Waals surface area contributed by atoms with E-state index in [2.05, 4.69) is 31.2 Å². The summed E-state index contributed by atoms with van der Waals surface area (Å²) < 4.78 is 0. The maximum absolute atomic E-state index is 12.9. The minimum absolute atomic E-state index is 0.106. The van der Waals surface area contributed by atoms with Gasteiger partial charge in [-0.1, -0.05) is 0 Å². The summed E-state index contributed by atoms with van der Waals surface area (Å²) in [5, 5.41) is 29.4. The fourth-order valence-electron chi connectivity index (χ4n) is 3.33. The molecule has 1 fully saturated rings. The molecule has 1 saturated heterocycles. The van der Waals surface area contributed by atoms with Crippen molar-refractivity contribution in [3.05, 3.63) is 18.2 Å². The van der Waals surface area contributed by atoms with Gasteiger partial charge >= 0.3 is 5.97 Å². The van der Waals surface area contributed by atoms with Gasteiger partial charge in [-0.3, -0.25) is 19.2 Å². The Kier molecular flexibility index (Phi) is 9.30. The highest BCUT2D eigenvalue weighted by atomic mass is 16.4. The standard InChI is InChI=1S/C19H29N7O7/c1-9(27)15(26-16(29)11-3-2-4-22-11)18(31)24-12(5-10-7-21-8-23-10)17(30)25-13(19(32)33)6-14(20)28/h7-9,11-13,15,22,27H,2-6H2,1H3,(H2,20,28)(H,21,23)(H,24,31)(H,25,30)(H,26,29)(H,32,33). The highest BCUT2D eigenvalue weighted by molar-refractivity contribution is 5.95. The smallest absolute Gasteiger partial charge is 0.326 e. The zero-order chi connectivity index (χ0) is 24.5. The minimum atomic E-state index is -1.60. The second-order valence-electron chi connectivity index (χ2n) is 7.79. The number of hydrogen-bond acceptors (Lipinski definition) is 8. The van der Waals surface area contributed by atoms with Crippen molar-refractivity contribution < 1.29 is 34.2 Å². The van der Waals surface area contributed by atoms with E-state index in [0.29, 0.717) is 18.7 Å². The summed E-state index contributed by atoms with van der Waals surface area (Å²) in [6, 6.07) is -4.77. The third kappa shape index (κ3) is 7.84. The fraction of sp³-hybridized carbons (Fsp3) is 0.579. The molecule has 1 aromatic rings. The third-order valence-electron chi connectivity index (χ3n) is 5.07. The molecule has 0 bridgehead atoms. The number of aliphatic carboxylic acids is 1. The Balaban J connectivity index is 2.14. The van der Waals surface area contributed by atoms with Crippen molar-refractivity contribution >= 4 is 29.6 Å². The number of primary amides is 1. The van der Waals surface area contributed by atoms with Crippen LogP contribution in [0.5, 0.6) is 0 Å². The summed E-state index contributed by atoms with van der Waals surface area (Å²) in [4.78, 5) is 67.1. The van der Waals surface area contributed by atoms with Gasteiger partial charge in [0.15, 0.2) is 0 Å². The zero-order valence-corrected chi connectivity index (χ0v) is 18.0. The molecule has 33 heavy (non-hydrogen) atoms. The van der Waals surface area contributed by atoms with Crippen molar-refractivity contribution in [2.45, 2.75) is 62.9 Å². The normalized spacial score (nSPS) is 19.0. The third-order valence-corrected chi connectivity index (χ3v) is 5.07. The van der Waals surface area contributed by atoms with Gasteiger partial charge in [-0.15, -0.1) is 0 Å². The van der Waals surface area contributed by atoms with Gasteiger partial charge in [0, 0.05) is 18.3 Å². The fourth-order valence-corrected chi connectivity index (χ4v) is 3.33. The van der Waals surface area contributed by atoms with Crippen molar-refractivity contribution in [2.24, 2.45) is 5.73 Å². The lowest BCUT2D eigenvalue weighted by Gasteiger charge is -2.26. The first-order chi connectivity index (χ1) is 15.6. The summed E-state index contributed by atoms with van der Waals surface area (Å²) >= 11 is 0. The summed E-state index contributed by atoms with van der Waals surface area (Å²) in [6.45, 7) is 1.97. The van der Waals surface area contributed by atoms with E-state index < -0.39 is 66.3 Å². The van der Waals surface area contributed by atoms with Crippen molar-refractivity contribution in [1.29, 1.82) is 0 Å². The van der Waals surface area contributed by atoms with Crippen LogP contribution in [0.25, 0.3) is 0 Å². The molecule has 0 aromatic carbocycles. The predicted octanol–water partition coefficient (Wildman–Crippen LogP) is -3.50. The molecule has 1 aromatic heterocycles. The second-order valence-corrected chi connectivity index (χ2v) is 7.79. The molecule has 0 saturated carbocycles. The number of H-pyrrole nitrogens is 1. The number of carbonyl (C=O) groups is 5. The van der Waals surface area contributed by atoms with Crippen LogP contribution in [-0.4, -0.2) is 86.6 Å². The van der Waals surface area contributed by atoms with E-state index in [4.69, 9.17) is 5.73 Å². The van der Waals surface area contributed by atoms with Gasteiger partial charge in [0.05, 0.1) is 24.9 Å². The van der Waals surface area contributed by atoms with Gasteiger partial charge in [-0.2, -0.15) is 0 Å². The Bertz CT molecular complexity index is 853. The maximum atomic E-state index is 12.9. The number of carboxylic acid groups (broad SMARTS) is 1. The van der Waals surface area contributed by atoms with Crippen LogP contribution in [-0.2, 0) is 30.4 Å². The SMILES string of the molecule is CC(O)C(NC(=O)C1CCCN1)C(=O)NC(Cc1cnc[nH]1)C(=O)NC(CC(N)=O)C(=O)O. The summed E-state index contributed by atoms with van der Waals surface area (Å²) in [5.74, 6) is -4.63. The number of nitrogens with one attached hydrogen (secondary N) is 5. The molecule has 0 radical (unpaired) electrons. The summed E-state index contributed by atoms with van der Waals surface area (Å²) in [6.07, 6.45) is 2.11. The number of nitrogens with zero attached hydrogens (tertiary/aromatic N) is 1. The highest BCUT2D eigenvalue weighted by Crippen LogP contribution is 2.07. The van der Waals surface area contributed by atoms with Crippen LogP contribution >= 0.6 is 0 Å². The molecule has 2 heterocycles. The lowest BCUT2D eigenvalue weighted by molar-refractivity contribution is -0.143. The molecule has 9 N–H and O–H groups in total. The Morgan fingerprint density at radius 3 is 2.39 bits per heavy atom. The van der Waals surface area contributed by atoms with Crippen LogP contribution in [0.15, 0.2) is 12.5 Å². The largest absolute Gasteiger partial charge is 0.480 e. The molecule has 5 atom stereocenters. The van der Waals surface area contributed by atoms with E-state index in [0.717, 1.165) is 6.42 Å². The number of hydrogen-bond donors (Lipinski definition) is 8. The van der Waals surface area contributed by atoms with Gasteiger partial charge in [-0.25, -0.2) is 9.78 Å². The minimum Gasteiger partial charge on any atom is -0.480 e. The van der Waals surface area contributed by atoms with Gasteiger partial charge in [-0.05, 0) is 26.3 Å². The molecule has 1 aliphatic rings. The van der Waals surface area contributed by atoms with E-state index in [1.807, 2.05) is 0 Å². The summed E-state index contributed by atoms with van der Waals surface area (Å²) in [7, 11) is 0. The highest BCUT2D eigenvalue weighted by Gasteiger charge is 2.34. The zero-order valence-electron chi connectivity index (χ0n) is 18.0. The number of rotatable bonds is 12. The number of aromatic amines is 1. The number of aliphatic hydroxyl groups excluding tert-OH is 1. The molecule has 14 nitrogen and oxygen atoms in total. The average molecular weight is 467 g/mol. The van der Waals surface area contributed by atoms with Gasteiger partial charge in [0.1, 0.15) is 18.1 Å². The molecule has 4 amide bonds. The predicted molar refractivity (Wildman–Crippen MR) is 112 cm³/mol. The van der Waals surface area contributed by atoms with Gasteiger partial charge in [0.25, 0.3) is 0 Å². The van der Waals surface area contributed by atoms with Crippen LogP contribution in [0.2, 0.25) is 0 Å². The molecule has 14 heteroatoms. The first-order valence-electron chi connectivity index (χ1n) is 10.4.